The Balaban J connectivity index is 1.50. The summed E-state index contributed by atoms with van der Waals surface area (Å²) in [5.74, 6) is 3.12. The van der Waals surface area contributed by atoms with Crippen molar-refractivity contribution in [1.82, 2.24) is 4.98 Å². The van der Waals surface area contributed by atoms with Gasteiger partial charge in [-0.3, -0.25) is 10.3 Å². The number of terminal acetylenes is 1. The van der Waals surface area contributed by atoms with Gasteiger partial charge in [-0.2, -0.15) is 5.26 Å². The number of ether oxygens (including phenoxy) is 3. The first-order chi connectivity index (χ1) is 17.6. The van der Waals surface area contributed by atoms with Crippen molar-refractivity contribution in [3.05, 3.63) is 84.3 Å². The van der Waals surface area contributed by atoms with Crippen LogP contribution < -0.4 is 19.5 Å². The number of amides is 1. The van der Waals surface area contributed by atoms with Crippen LogP contribution in [0.3, 0.4) is 0 Å². The smallest absolute Gasteiger partial charge is 0.417 e. The van der Waals surface area contributed by atoms with Gasteiger partial charge in [-0.1, -0.05) is 18.2 Å². The molecule has 0 aliphatic heterocycles. The third-order valence-corrected chi connectivity index (χ3v) is 5.01. The molecule has 0 saturated carbocycles. The lowest BCUT2D eigenvalue weighted by Gasteiger charge is -2.13. The van der Waals surface area contributed by atoms with E-state index >= 15 is 0 Å². The average Bonchev–Trinajstić information content (AvgIpc) is 2.88. The number of nitriles is 1. The second kappa shape index (κ2) is 11.4. The Kier molecular flexibility index (Phi) is 7.60. The highest BCUT2D eigenvalue weighted by Gasteiger charge is 2.14. The number of unbranched alkanes of at least 4 members (excludes halogenated alkanes) is 1. The fraction of sp³-hybridized carbons (Fsp3) is 0.107. The Morgan fingerprint density at radius 1 is 1.06 bits per heavy atom. The lowest BCUT2D eigenvalue weighted by molar-refractivity contribution is 0.215. The standard InChI is InChI=1S/C28H20FN3O4/c1-2-3-7-14-34-27-17-25-22(15-19(27)18-30)26(12-13-31-25)35-21-10-11-24(23(29)16-21)32-28(33)36-20-8-5-4-6-9-20/h1,4-6,8-13,15-17H,3,7,14H2,(H,32,33). The van der Waals surface area contributed by atoms with Gasteiger partial charge in [-0.05, 0) is 42.8 Å². The molecule has 8 heteroatoms. The molecule has 0 unspecified atom stereocenters. The third-order valence-electron chi connectivity index (χ3n) is 5.01. The van der Waals surface area contributed by atoms with Crippen LogP contribution in [0.25, 0.3) is 10.9 Å². The van der Waals surface area contributed by atoms with Gasteiger partial charge < -0.3 is 14.2 Å². The second-order valence-corrected chi connectivity index (χ2v) is 7.51. The normalized spacial score (nSPS) is 10.2. The predicted molar refractivity (Wildman–Crippen MR) is 133 cm³/mol. The van der Waals surface area contributed by atoms with Gasteiger partial charge in [0.2, 0.25) is 0 Å². The Hall–Kier alpha value is -5.08. The van der Waals surface area contributed by atoms with Gasteiger partial charge in [-0.15, -0.1) is 12.3 Å². The third kappa shape index (κ3) is 5.88. The second-order valence-electron chi connectivity index (χ2n) is 7.51. The van der Waals surface area contributed by atoms with Crippen LogP contribution in [0.15, 0.2) is 72.9 Å². The topological polar surface area (TPSA) is 93.5 Å². The molecule has 0 atom stereocenters. The monoisotopic (exact) mass is 481 g/mol. The van der Waals surface area contributed by atoms with E-state index in [0.29, 0.717) is 53.2 Å². The number of nitrogens with one attached hydrogen (secondary N) is 1. The number of hydrogen-bond donors (Lipinski definition) is 1. The fourth-order valence-corrected chi connectivity index (χ4v) is 3.32. The maximum Gasteiger partial charge on any atom is 0.417 e. The summed E-state index contributed by atoms with van der Waals surface area (Å²) in [5.41, 5.74) is 0.783. The molecule has 4 aromatic rings. The highest BCUT2D eigenvalue weighted by Crippen LogP contribution is 2.34. The van der Waals surface area contributed by atoms with E-state index in [0.717, 1.165) is 6.07 Å². The van der Waals surface area contributed by atoms with Crippen LogP contribution in [0, 0.1) is 29.5 Å². The summed E-state index contributed by atoms with van der Waals surface area (Å²) in [6.07, 6.45) is 7.21. The number of anilines is 1. The first kappa shape index (κ1) is 24.1. The summed E-state index contributed by atoms with van der Waals surface area (Å²) in [6, 6.07) is 19.4. The number of nitrogens with zero attached hydrogens (tertiary/aromatic N) is 2. The van der Waals surface area contributed by atoms with E-state index in [4.69, 9.17) is 20.6 Å². The van der Waals surface area contributed by atoms with Crippen LogP contribution in [-0.4, -0.2) is 17.7 Å². The number of carbonyl (C=O) groups is 1. The number of benzene rings is 3. The lowest BCUT2D eigenvalue weighted by Crippen LogP contribution is -2.17. The van der Waals surface area contributed by atoms with Gasteiger partial charge in [0.1, 0.15) is 29.1 Å². The molecule has 7 nitrogen and oxygen atoms in total. The van der Waals surface area contributed by atoms with E-state index < -0.39 is 11.9 Å². The van der Waals surface area contributed by atoms with E-state index in [1.807, 2.05) is 0 Å². The molecule has 0 saturated heterocycles. The minimum absolute atomic E-state index is 0.0683. The molecule has 1 aromatic heterocycles. The molecule has 0 bridgehead atoms. The van der Waals surface area contributed by atoms with Crippen molar-refractivity contribution in [2.45, 2.75) is 12.8 Å². The zero-order valence-corrected chi connectivity index (χ0v) is 19.0. The SMILES string of the molecule is C#CCCCOc1cc2nccc(Oc3ccc(NC(=O)Oc4ccccc4)c(F)c3)c2cc1C#N. The zero-order valence-electron chi connectivity index (χ0n) is 19.0. The summed E-state index contributed by atoms with van der Waals surface area (Å²) in [6.45, 7) is 0.374. The first-order valence-corrected chi connectivity index (χ1v) is 11.0. The summed E-state index contributed by atoms with van der Waals surface area (Å²) in [5, 5.41) is 12.5. The van der Waals surface area contributed by atoms with E-state index in [9.17, 15) is 14.4 Å². The Morgan fingerprint density at radius 3 is 2.64 bits per heavy atom. The van der Waals surface area contributed by atoms with Crippen molar-refractivity contribution < 1.29 is 23.4 Å². The predicted octanol–water partition coefficient (Wildman–Crippen LogP) is 6.44. The van der Waals surface area contributed by atoms with Crippen LogP contribution in [0.4, 0.5) is 14.9 Å². The number of pyridine rings is 1. The summed E-state index contributed by atoms with van der Waals surface area (Å²) in [4.78, 5) is 16.4. The summed E-state index contributed by atoms with van der Waals surface area (Å²) >= 11 is 0. The number of carbonyl (C=O) groups excluding carboxylic acids is 1. The molecule has 1 N–H and O–H groups in total. The van der Waals surface area contributed by atoms with Crippen LogP contribution in [0.5, 0.6) is 23.0 Å². The Bertz CT molecular complexity index is 1480. The number of hydrogen-bond acceptors (Lipinski definition) is 6. The van der Waals surface area contributed by atoms with Crippen molar-refractivity contribution in [3.8, 4) is 41.4 Å². The minimum atomic E-state index is -0.824. The number of halogens is 1. The zero-order chi connectivity index (χ0) is 25.3. The van der Waals surface area contributed by atoms with Crippen molar-refractivity contribution in [2.75, 3.05) is 11.9 Å². The van der Waals surface area contributed by atoms with Crippen molar-refractivity contribution in [3.63, 3.8) is 0 Å². The molecule has 1 amide bonds. The lowest BCUT2D eigenvalue weighted by atomic mass is 10.1. The number of fused-ring (bicyclic) bond motifs is 1. The molecular formula is C28H20FN3O4. The quantitative estimate of drug-likeness (QED) is 0.230. The van der Waals surface area contributed by atoms with Gasteiger partial charge in [0.25, 0.3) is 0 Å². The van der Waals surface area contributed by atoms with Crippen LogP contribution in [0.2, 0.25) is 0 Å². The highest BCUT2D eigenvalue weighted by molar-refractivity contribution is 5.88. The molecule has 178 valence electrons. The maximum atomic E-state index is 14.7. The molecule has 0 spiro atoms. The first-order valence-electron chi connectivity index (χ1n) is 11.0. The molecule has 0 aliphatic rings. The molecule has 0 radical (unpaired) electrons. The molecule has 0 aliphatic carbocycles. The molecule has 0 fully saturated rings. The Labute approximate surface area is 207 Å². The maximum absolute atomic E-state index is 14.7. The van der Waals surface area contributed by atoms with Gasteiger partial charge in [0.05, 0.1) is 23.4 Å². The highest BCUT2D eigenvalue weighted by atomic mass is 19.1. The van der Waals surface area contributed by atoms with Crippen LogP contribution in [-0.2, 0) is 0 Å². The van der Waals surface area contributed by atoms with E-state index in [-0.39, 0.29) is 11.4 Å². The average molecular weight is 481 g/mol. The molecule has 3 aromatic carbocycles. The van der Waals surface area contributed by atoms with E-state index in [1.165, 1.54) is 18.3 Å². The fourth-order valence-electron chi connectivity index (χ4n) is 3.32. The van der Waals surface area contributed by atoms with Gasteiger partial charge in [0, 0.05) is 30.1 Å². The number of para-hydroxylation sites is 1. The number of aromatic nitrogens is 1. The van der Waals surface area contributed by atoms with Gasteiger partial charge in [0.15, 0.2) is 5.82 Å². The van der Waals surface area contributed by atoms with Crippen molar-refractivity contribution in [2.24, 2.45) is 0 Å². The summed E-state index contributed by atoms with van der Waals surface area (Å²) in [7, 11) is 0. The largest absolute Gasteiger partial charge is 0.492 e. The van der Waals surface area contributed by atoms with Gasteiger partial charge >= 0.3 is 6.09 Å². The van der Waals surface area contributed by atoms with Crippen molar-refractivity contribution in [1.29, 1.82) is 5.26 Å². The minimum Gasteiger partial charge on any atom is -0.492 e. The summed E-state index contributed by atoms with van der Waals surface area (Å²) < 4.78 is 31.4. The van der Waals surface area contributed by atoms with Gasteiger partial charge in [-0.25, -0.2) is 9.18 Å². The van der Waals surface area contributed by atoms with Crippen molar-refractivity contribution >= 4 is 22.7 Å². The molecule has 1 heterocycles. The molecule has 4 rings (SSSR count). The van der Waals surface area contributed by atoms with Crippen LogP contribution >= 0.6 is 0 Å². The molecular weight excluding hydrogens is 461 g/mol. The van der Waals surface area contributed by atoms with E-state index in [1.54, 1.807) is 48.5 Å². The van der Waals surface area contributed by atoms with E-state index in [2.05, 4.69) is 22.3 Å². The Morgan fingerprint density at radius 2 is 1.89 bits per heavy atom. The molecule has 36 heavy (non-hydrogen) atoms. The number of rotatable bonds is 8. The van der Waals surface area contributed by atoms with Crippen LogP contribution in [0.1, 0.15) is 18.4 Å².